The Kier molecular flexibility index (Phi) is 14.5. The molecule has 1 N–H and O–H groups in total. The van der Waals surface area contributed by atoms with Crippen LogP contribution in [0.4, 0.5) is 0 Å². The van der Waals surface area contributed by atoms with Crippen molar-refractivity contribution in [2.45, 2.75) is 110 Å². The van der Waals surface area contributed by atoms with Crippen molar-refractivity contribution in [1.29, 1.82) is 0 Å². The van der Waals surface area contributed by atoms with Crippen molar-refractivity contribution in [2.75, 3.05) is 6.54 Å². The van der Waals surface area contributed by atoms with Gasteiger partial charge >= 0.3 is 0 Å². The summed E-state index contributed by atoms with van der Waals surface area (Å²) in [6, 6.07) is 0.702. The van der Waals surface area contributed by atoms with Gasteiger partial charge in [-0.25, -0.2) is 0 Å². The maximum absolute atomic E-state index is 12.3. The third kappa shape index (κ3) is 14.0. The molecule has 1 aliphatic carbocycles. The molecular weight excluding hydrogens is 372 g/mol. The van der Waals surface area contributed by atoms with Crippen LogP contribution in [0.2, 0.25) is 0 Å². The van der Waals surface area contributed by atoms with E-state index in [0.717, 1.165) is 70.8 Å². The zero-order valence-electron chi connectivity index (χ0n) is 19.4. The van der Waals surface area contributed by atoms with E-state index in [0.29, 0.717) is 18.9 Å². The number of amides is 2. The number of nitrogens with zero attached hydrogens (tertiary/aromatic N) is 1. The first-order valence-corrected chi connectivity index (χ1v) is 11.9. The molecule has 4 nitrogen and oxygen atoms in total. The molecule has 0 aromatic carbocycles. The lowest BCUT2D eigenvalue weighted by Gasteiger charge is -2.26. The minimum atomic E-state index is 0.196. The van der Waals surface area contributed by atoms with E-state index in [2.05, 4.69) is 62.2 Å². The number of nitrogens with one attached hydrogen (secondary N) is 1. The highest BCUT2D eigenvalue weighted by atomic mass is 16.2. The van der Waals surface area contributed by atoms with Gasteiger partial charge in [-0.15, -0.1) is 5.92 Å². The van der Waals surface area contributed by atoms with Crippen molar-refractivity contribution in [1.82, 2.24) is 10.2 Å². The Morgan fingerprint density at radius 3 is 2.50 bits per heavy atom. The molecule has 2 amide bonds. The van der Waals surface area contributed by atoms with Crippen LogP contribution >= 0.6 is 0 Å². The van der Waals surface area contributed by atoms with Gasteiger partial charge in [-0.05, 0) is 52.4 Å². The largest absolute Gasteiger partial charge is 0.353 e. The average molecular weight is 415 g/mol. The fourth-order valence-electron chi connectivity index (χ4n) is 3.12. The lowest BCUT2D eigenvalue weighted by molar-refractivity contribution is -0.133. The van der Waals surface area contributed by atoms with Crippen LogP contribution in [0.5, 0.6) is 0 Å². The summed E-state index contributed by atoms with van der Waals surface area (Å²) in [6.07, 6.45) is 19.6. The fourth-order valence-corrected chi connectivity index (χ4v) is 3.12. The summed E-state index contributed by atoms with van der Waals surface area (Å²) in [7, 11) is 0. The molecule has 0 aromatic heterocycles. The number of hydrogen-bond donors (Lipinski definition) is 1. The molecule has 0 unspecified atom stereocenters. The van der Waals surface area contributed by atoms with Gasteiger partial charge in [0.25, 0.3) is 0 Å². The molecule has 1 aliphatic rings. The number of unbranched alkanes of at least 4 members (excludes halogenated alkanes) is 3. The Morgan fingerprint density at radius 1 is 1.03 bits per heavy atom. The summed E-state index contributed by atoms with van der Waals surface area (Å²) in [5, 5.41) is 3.01. The molecule has 0 spiro atoms. The maximum atomic E-state index is 12.3. The highest BCUT2D eigenvalue weighted by Crippen LogP contribution is 2.18. The lowest BCUT2D eigenvalue weighted by atomic mass is 10.1. The second-order valence-corrected chi connectivity index (χ2v) is 8.36. The van der Waals surface area contributed by atoms with E-state index < -0.39 is 0 Å². The van der Waals surface area contributed by atoms with Crippen LogP contribution in [0.1, 0.15) is 97.8 Å². The predicted octanol–water partition coefficient (Wildman–Crippen LogP) is 5.54. The molecule has 0 heterocycles. The molecule has 0 aromatic rings. The molecule has 0 atom stereocenters. The minimum absolute atomic E-state index is 0.196. The minimum Gasteiger partial charge on any atom is -0.353 e. The van der Waals surface area contributed by atoms with Crippen molar-refractivity contribution in [3.63, 3.8) is 0 Å². The van der Waals surface area contributed by atoms with Crippen molar-refractivity contribution >= 4 is 11.8 Å². The summed E-state index contributed by atoms with van der Waals surface area (Å²) in [5.41, 5.74) is 0. The van der Waals surface area contributed by atoms with Crippen molar-refractivity contribution < 1.29 is 9.59 Å². The molecule has 0 aliphatic heterocycles. The molecule has 168 valence electrons. The quantitative estimate of drug-likeness (QED) is 0.217. The monoisotopic (exact) mass is 414 g/mol. The molecule has 4 heteroatoms. The summed E-state index contributed by atoms with van der Waals surface area (Å²) < 4.78 is 0. The average Bonchev–Trinajstić information content (AvgIpc) is 3.52. The second kappa shape index (κ2) is 16.7. The number of carbonyl (C=O) groups is 2. The van der Waals surface area contributed by atoms with Crippen LogP contribution in [-0.2, 0) is 9.59 Å². The SMILES string of the molecule is CCCCCC(=O)N(CCC#CCC=CCC=CCCCC(=O)NC1CC1)C(C)C. The second-order valence-electron chi connectivity index (χ2n) is 8.36. The maximum Gasteiger partial charge on any atom is 0.222 e. The zero-order chi connectivity index (χ0) is 22.0. The smallest absolute Gasteiger partial charge is 0.222 e. The van der Waals surface area contributed by atoms with E-state index in [1.807, 2.05) is 4.90 Å². The van der Waals surface area contributed by atoms with Crippen LogP contribution in [-0.4, -0.2) is 35.3 Å². The molecular formula is C26H42N2O2. The molecule has 0 saturated heterocycles. The third-order valence-corrected chi connectivity index (χ3v) is 5.08. The van der Waals surface area contributed by atoms with Gasteiger partial charge in [-0.1, -0.05) is 50.0 Å². The Bertz CT molecular complexity index is 606. The molecule has 1 rings (SSSR count). The number of allylic oxidation sites excluding steroid dienone is 4. The van der Waals surface area contributed by atoms with Crippen LogP contribution in [0, 0.1) is 11.8 Å². The van der Waals surface area contributed by atoms with Crippen molar-refractivity contribution in [2.24, 2.45) is 0 Å². The molecule has 1 fully saturated rings. The van der Waals surface area contributed by atoms with Gasteiger partial charge in [0.05, 0.1) is 0 Å². The van der Waals surface area contributed by atoms with Crippen molar-refractivity contribution in [3.05, 3.63) is 24.3 Å². The summed E-state index contributed by atoms with van der Waals surface area (Å²) in [4.78, 5) is 25.8. The van der Waals surface area contributed by atoms with Gasteiger partial charge in [-0.3, -0.25) is 9.59 Å². The molecule has 1 saturated carbocycles. The van der Waals surface area contributed by atoms with E-state index in [9.17, 15) is 9.59 Å². The first-order chi connectivity index (χ1) is 14.5. The predicted molar refractivity (Wildman–Crippen MR) is 126 cm³/mol. The Morgan fingerprint density at radius 2 is 1.80 bits per heavy atom. The van der Waals surface area contributed by atoms with Crippen LogP contribution < -0.4 is 5.32 Å². The molecule has 0 bridgehead atoms. The first-order valence-electron chi connectivity index (χ1n) is 11.9. The van der Waals surface area contributed by atoms with E-state index in [4.69, 9.17) is 0 Å². The van der Waals surface area contributed by atoms with E-state index in [1.54, 1.807) is 0 Å². The zero-order valence-corrected chi connectivity index (χ0v) is 19.4. The molecule has 30 heavy (non-hydrogen) atoms. The topological polar surface area (TPSA) is 49.4 Å². The van der Waals surface area contributed by atoms with Crippen molar-refractivity contribution in [3.8, 4) is 11.8 Å². The van der Waals surface area contributed by atoms with E-state index in [-0.39, 0.29) is 17.9 Å². The normalized spacial score (nSPS) is 13.6. The van der Waals surface area contributed by atoms with Crippen LogP contribution in [0.25, 0.3) is 0 Å². The van der Waals surface area contributed by atoms with Crippen LogP contribution in [0.15, 0.2) is 24.3 Å². The fraction of sp³-hybridized carbons (Fsp3) is 0.692. The lowest BCUT2D eigenvalue weighted by Crippen LogP contribution is -2.37. The summed E-state index contributed by atoms with van der Waals surface area (Å²) >= 11 is 0. The highest BCUT2D eigenvalue weighted by molar-refractivity contribution is 5.76. The Labute approximate surface area is 184 Å². The van der Waals surface area contributed by atoms with Gasteiger partial charge in [0.1, 0.15) is 0 Å². The number of hydrogen-bond acceptors (Lipinski definition) is 2. The van der Waals surface area contributed by atoms with Gasteiger partial charge in [0.2, 0.25) is 11.8 Å². The van der Waals surface area contributed by atoms with E-state index >= 15 is 0 Å². The number of carbonyl (C=O) groups excluding carboxylic acids is 2. The van der Waals surface area contributed by atoms with E-state index in [1.165, 1.54) is 0 Å². The molecule has 0 radical (unpaired) electrons. The number of rotatable bonds is 15. The van der Waals surface area contributed by atoms with Gasteiger partial charge in [0.15, 0.2) is 0 Å². The van der Waals surface area contributed by atoms with Gasteiger partial charge in [0, 0.05) is 44.3 Å². The summed E-state index contributed by atoms with van der Waals surface area (Å²) in [6.45, 7) is 7.03. The summed E-state index contributed by atoms with van der Waals surface area (Å²) in [5.74, 6) is 6.82. The Hall–Kier alpha value is -2.02. The van der Waals surface area contributed by atoms with Gasteiger partial charge in [-0.2, -0.15) is 0 Å². The Balaban J connectivity index is 2.07. The first kappa shape index (κ1) is 26.0. The highest BCUT2D eigenvalue weighted by Gasteiger charge is 2.22. The van der Waals surface area contributed by atoms with Gasteiger partial charge < -0.3 is 10.2 Å². The van der Waals surface area contributed by atoms with Crippen LogP contribution in [0.3, 0.4) is 0 Å². The standard InChI is InChI=1S/C26H42N2O2/c1-4-5-15-19-26(30)28(23(2)3)22-17-14-12-10-8-6-7-9-11-13-16-18-25(29)27-24-20-21-24/h6,8-9,11,23-24H,4-5,7,10,13,15-22H2,1-3H3,(H,27,29). The third-order valence-electron chi connectivity index (χ3n) is 5.08.